The predicted octanol–water partition coefficient (Wildman–Crippen LogP) is 2.31. The first kappa shape index (κ1) is 7.33. The zero-order valence-corrected chi connectivity index (χ0v) is 7.79. The van der Waals surface area contributed by atoms with Crippen LogP contribution >= 0.6 is 11.8 Å². The zero-order valence-electron chi connectivity index (χ0n) is 6.97. The van der Waals surface area contributed by atoms with E-state index in [9.17, 15) is 0 Å². The monoisotopic (exact) mass is 188 g/mol. The van der Waals surface area contributed by atoms with E-state index in [1.807, 2.05) is 17.8 Å². The van der Waals surface area contributed by atoms with Crippen LogP contribution in [0.4, 0.5) is 0 Å². The van der Waals surface area contributed by atoms with Crippen LogP contribution in [0.2, 0.25) is 0 Å². The first-order chi connectivity index (χ1) is 6.42. The Morgan fingerprint density at radius 2 is 2.15 bits per heavy atom. The number of rotatable bonds is 0. The van der Waals surface area contributed by atoms with Gasteiger partial charge < -0.3 is 0 Å². The minimum atomic E-state index is 0.0174. The smallest absolute Gasteiger partial charge is 0.109 e. The van der Waals surface area contributed by atoms with E-state index < -0.39 is 0 Å². The summed E-state index contributed by atoms with van der Waals surface area (Å²) in [6.07, 6.45) is 11.2. The third kappa shape index (κ3) is 0.851. The molecule has 0 aromatic heterocycles. The molecule has 1 unspecified atom stereocenters. The van der Waals surface area contributed by atoms with Gasteiger partial charge in [0, 0.05) is 6.21 Å². The van der Waals surface area contributed by atoms with Gasteiger partial charge in [0.05, 0.1) is 16.9 Å². The van der Waals surface area contributed by atoms with Gasteiger partial charge in [-0.05, 0) is 18.6 Å². The highest BCUT2D eigenvalue weighted by atomic mass is 32.2. The quantitative estimate of drug-likeness (QED) is 0.572. The van der Waals surface area contributed by atoms with Crippen molar-refractivity contribution in [2.75, 3.05) is 0 Å². The number of nitrogens with zero attached hydrogens (tertiary/aromatic N) is 2. The molecule has 3 heteroatoms. The fourth-order valence-electron chi connectivity index (χ4n) is 1.83. The Bertz CT molecular complexity index is 401. The van der Waals surface area contributed by atoms with Crippen molar-refractivity contribution in [3.63, 3.8) is 0 Å². The van der Waals surface area contributed by atoms with Crippen LogP contribution in [0.1, 0.15) is 6.42 Å². The number of thioether (sulfide) groups is 1. The fraction of sp³-hybridized carbons (Fsp3) is 0.200. The highest BCUT2D eigenvalue weighted by molar-refractivity contribution is 8.14. The molecule has 2 heterocycles. The molecule has 0 aromatic rings. The Kier molecular flexibility index (Phi) is 1.38. The molecule has 64 valence electrons. The van der Waals surface area contributed by atoms with Gasteiger partial charge in [-0.15, -0.1) is 0 Å². The molecule has 2 aliphatic heterocycles. The van der Waals surface area contributed by atoms with Gasteiger partial charge in [0.2, 0.25) is 0 Å². The molecule has 1 spiro atoms. The van der Waals surface area contributed by atoms with Gasteiger partial charge in [0.15, 0.2) is 0 Å². The Hall–Kier alpha value is -1.09. The van der Waals surface area contributed by atoms with Crippen molar-refractivity contribution in [1.29, 1.82) is 0 Å². The summed E-state index contributed by atoms with van der Waals surface area (Å²) < 4.78 is 0.0174. The second kappa shape index (κ2) is 2.45. The molecule has 0 aromatic carbocycles. The summed E-state index contributed by atoms with van der Waals surface area (Å²) in [5.41, 5.74) is 4.20. The van der Waals surface area contributed by atoms with E-state index in [0.29, 0.717) is 0 Å². The lowest BCUT2D eigenvalue weighted by Crippen LogP contribution is -2.28. The maximum atomic E-state index is 4.39. The average molecular weight is 188 g/mol. The lowest BCUT2D eigenvalue weighted by atomic mass is 9.91. The van der Waals surface area contributed by atoms with Crippen LogP contribution in [0.5, 0.6) is 0 Å². The molecular formula is C10H8N2S. The highest BCUT2D eigenvalue weighted by Gasteiger charge is 2.42. The fourth-order valence-corrected chi connectivity index (χ4v) is 2.85. The first-order valence-corrected chi connectivity index (χ1v) is 5.12. The normalized spacial score (nSPS) is 33.8. The van der Waals surface area contributed by atoms with Crippen LogP contribution in [0, 0.1) is 0 Å². The highest BCUT2D eigenvalue weighted by Crippen LogP contribution is 2.49. The van der Waals surface area contributed by atoms with Crippen molar-refractivity contribution in [3.8, 4) is 0 Å². The summed E-state index contributed by atoms with van der Waals surface area (Å²) in [5, 5.41) is 0. The second-order valence-electron chi connectivity index (χ2n) is 3.19. The molecule has 0 radical (unpaired) electrons. The SMILES string of the molecule is C1=CCC23SC=NC2=CC=NC3=C1. The van der Waals surface area contributed by atoms with Gasteiger partial charge in [-0.1, -0.05) is 23.9 Å². The van der Waals surface area contributed by atoms with Gasteiger partial charge in [-0.3, -0.25) is 9.98 Å². The molecule has 3 rings (SSSR count). The summed E-state index contributed by atoms with van der Waals surface area (Å²) in [7, 11) is 0. The molecule has 3 aliphatic rings. The number of allylic oxidation sites excluding steroid dienone is 4. The lowest BCUT2D eigenvalue weighted by Gasteiger charge is -2.31. The van der Waals surface area contributed by atoms with Gasteiger partial charge in [0.1, 0.15) is 4.75 Å². The largest absolute Gasteiger partial charge is 0.259 e. The number of dihydropyridines is 1. The van der Waals surface area contributed by atoms with E-state index in [-0.39, 0.29) is 4.75 Å². The Morgan fingerprint density at radius 1 is 1.23 bits per heavy atom. The second-order valence-corrected chi connectivity index (χ2v) is 4.34. The topological polar surface area (TPSA) is 24.7 Å². The minimum Gasteiger partial charge on any atom is -0.259 e. The standard InChI is InChI=1S/C10H8N2S/c1-2-5-10-8(3-1)11-6-4-9(10)12-7-13-10/h1-4,6-7H,5H2. The van der Waals surface area contributed by atoms with Crippen LogP contribution in [-0.4, -0.2) is 16.5 Å². The summed E-state index contributed by atoms with van der Waals surface area (Å²) in [5.74, 6) is 0. The van der Waals surface area contributed by atoms with Gasteiger partial charge in [-0.2, -0.15) is 0 Å². The van der Waals surface area contributed by atoms with Crippen LogP contribution in [0.25, 0.3) is 0 Å². The van der Waals surface area contributed by atoms with E-state index in [1.165, 1.54) is 0 Å². The van der Waals surface area contributed by atoms with E-state index in [4.69, 9.17) is 0 Å². The summed E-state index contributed by atoms with van der Waals surface area (Å²) in [6, 6.07) is 0. The van der Waals surface area contributed by atoms with Gasteiger partial charge in [0.25, 0.3) is 0 Å². The third-order valence-electron chi connectivity index (χ3n) is 2.51. The molecule has 0 N–H and O–H groups in total. The maximum Gasteiger partial charge on any atom is 0.109 e. The molecule has 0 fully saturated rings. The average Bonchev–Trinajstić information content (AvgIpc) is 2.58. The van der Waals surface area contributed by atoms with Crippen LogP contribution in [0.15, 0.2) is 45.7 Å². The molecule has 1 aliphatic carbocycles. The number of hydrogen-bond donors (Lipinski definition) is 0. The van der Waals surface area contributed by atoms with Gasteiger partial charge in [-0.25, -0.2) is 0 Å². The number of aliphatic imine (C=N–C) groups is 2. The molecule has 1 atom stereocenters. The molecule has 0 bridgehead atoms. The summed E-state index contributed by atoms with van der Waals surface area (Å²) in [6.45, 7) is 0. The van der Waals surface area contributed by atoms with Crippen molar-refractivity contribution >= 4 is 23.5 Å². The van der Waals surface area contributed by atoms with Crippen molar-refractivity contribution in [3.05, 3.63) is 35.7 Å². The van der Waals surface area contributed by atoms with Crippen molar-refractivity contribution in [2.45, 2.75) is 11.2 Å². The minimum absolute atomic E-state index is 0.0174. The molecule has 0 saturated heterocycles. The Labute approximate surface area is 80.9 Å². The molecule has 2 nitrogen and oxygen atoms in total. The van der Waals surface area contributed by atoms with E-state index in [2.05, 4.69) is 28.2 Å². The molecular weight excluding hydrogens is 180 g/mol. The van der Waals surface area contributed by atoms with Crippen molar-refractivity contribution < 1.29 is 0 Å². The van der Waals surface area contributed by atoms with E-state index in [1.54, 1.807) is 11.8 Å². The van der Waals surface area contributed by atoms with Crippen LogP contribution in [0.3, 0.4) is 0 Å². The summed E-state index contributed by atoms with van der Waals surface area (Å²) >= 11 is 1.76. The van der Waals surface area contributed by atoms with E-state index in [0.717, 1.165) is 17.8 Å². The molecule has 13 heavy (non-hydrogen) atoms. The van der Waals surface area contributed by atoms with Crippen molar-refractivity contribution in [1.82, 2.24) is 0 Å². The van der Waals surface area contributed by atoms with Gasteiger partial charge >= 0.3 is 0 Å². The number of hydrogen-bond acceptors (Lipinski definition) is 3. The van der Waals surface area contributed by atoms with Crippen molar-refractivity contribution in [2.24, 2.45) is 9.98 Å². The third-order valence-corrected chi connectivity index (χ3v) is 3.71. The maximum absolute atomic E-state index is 4.39. The molecule has 0 amide bonds. The Morgan fingerprint density at radius 3 is 3.15 bits per heavy atom. The van der Waals surface area contributed by atoms with Crippen LogP contribution in [-0.2, 0) is 0 Å². The summed E-state index contributed by atoms with van der Waals surface area (Å²) in [4.78, 5) is 8.76. The van der Waals surface area contributed by atoms with Crippen LogP contribution < -0.4 is 0 Å². The molecule has 0 saturated carbocycles. The zero-order chi connectivity index (χ0) is 8.73. The Balaban J connectivity index is 2.19. The van der Waals surface area contributed by atoms with E-state index >= 15 is 0 Å². The predicted molar refractivity (Wildman–Crippen MR) is 57.2 cm³/mol. The first-order valence-electron chi connectivity index (χ1n) is 4.24. The lowest BCUT2D eigenvalue weighted by molar-refractivity contribution is 0.762.